The van der Waals surface area contributed by atoms with E-state index in [2.05, 4.69) is 15.6 Å². The molecule has 0 aromatic rings. The van der Waals surface area contributed by atoms with Gasteiger partial charge in [0, 0.05) is 46.4 Å². The standard InChI is InChI=1S/C14H32N4O3S/c1-5-18(22(4,19)20)12-9-11-17-14(15-3)16-10-7-8-13-21-6-2/h5-13H2,1-4H3,(H2,15,16,17). The lowest BCUT2D eigenvalue weighted by Gasteiger charge is -2.18. The Morgan fingerprint density at radius 1 is 1.14 bits per heavy atom. The first-order chi connectivity index (χ1) is 10.5. The molecule has 0 saturated carbocycles. The van der Waals surface area contributed by atoms with Gasteiger partial charge in [0.05, 0.1) is 6.26 Å². The minimum Gasteiger partial charge on any atom is -0.382 e. The Hall–Kier alpha value is -0.860. The molecule has 0 aliphatic rings. The quantitative estimate of drug-likeness (QED) is 0.310. The molecule has 0 aliphatic carbocycles. The molecule has 0 unspecified atom stereocenters. The zero-order valence-electron chi connectivity index (χ0n) is 14.4. The number of guanidine groups is 1. The Morgan fingerprint density at radius 3 is 2.27 bits per heavy atom. The lowest BCUT2D eigenvalue weighted by Crippen LogP contribution is -2.39. The molecule has 0 radical (unpaired) electrons. The van der Waals surface area contributed by atoms with E-state index in [4.69, 9.17) is 4.74 Å². The third-order valence-corrected chi connectivity index (χ3v) is 4.51. The summed E-state index contributed by atoms with van der Waals surface area (Å²) in [5.41, 5.74) is 0. The van der Waals surface area contributed by atoms with Crippen molar-refractivity contribution in [2.45, 2.75) is 33.1 Å². The Bertz CT molecular complexity index is 399. The number of sulfonamides is 1. The van der Waals surface area contributed by atoms with Crippen LogP contribution in [-0.2, 0) is 14.8 Å². The molecular formula is C14H32N4O3S. The molecule has 132 valence electrons. The van der Waals surface area contributed by atoms with Crippen LogP contribution in [0.5, 0.6) is 0 Å². The van der Waals surface area contributed by atoms with E-state index in [1.165, 1.54) is 10.6 Å². The number of ether oxygens (including phenoxy) is 1. The Kier molecular flexibility index (Phi) is 12.2. The van der Waals surface area contributed by atoms with E-state index in [1.54, 1.807) is 7.05 Å². The van der Waals surface area contributed by atoms with Gasteiger partial charge in [-0.2, -0.15) is 0 Å². The fourth-order valence-electron chi connectivity index (χ4n) is 1.92. The van der Waals surface area contributed by atoms with Gasteiger partial charge >= 0.3 is 0 Å². The summed E-state index contributed by atoms with van der Waals surface area (Å²) < 4.78 is 29.7. The first kappa shape index (κ1) is 21.1. The predicted octanol–water partition coefficient (Wildman–Crippen LogP) is 0.640. The minimum atomic E-state index is -3.10. The molecule has 0 saturated heterocycles. The van der Waals surface area contributed by atoms with Gasteiger partial charge in [-0.05, 0) is 26.2 Å². The van der Waals surface area contributed by atoms with E-state index in [0.717, 1.165) is 45.0 Å². The molecule has 7 nitrogen and oxygen atoms in total. The van der Waals surface area contributed by atoms with Crippen molar-refractivity contribution >= 4 is 16.0 Å². The zero-order chi connectivity index (χ0) is 16.8. The highest BCUT2D eigenvalue weighted by molar-refractivity contribution is 7.88. The topological polar surface area (TPSA) is 83.0 Å². The van der Waals surface area contributed by atoms with Crippen LogP contribution in [0.2, 0.25) is 0 Å². The number of aliphatic imine (C=N–C) groups is 1. The highest BCUT2D eigenvalue weighted by atomic mass is 32.2. The SMILES string of the molecule is CCOCCCCNC(=NC)NCCCN(CC)S(C)(=O)=O. The Balaban J connectivity index is 3.78. The molecule has 0 bridgehead atoms. The molecule has 2 N–H and O–H groups in total. The van der Waals surface area contributed by atoms with Crippen LogP contribution in [0.25, 0.3) is 0 Å². The normalized spacial score (nSPS) is 12.7. The van der Waals surface area contributed by atoms with Crippen LogP contribution in [-0.4, -0.2) is 71.4 Å². The Labute approximate surface area is 135 Å². The van der Waals surface area contributed by atoms with Crippen LogP contribution >= 0.6 is 0 Å². The second-order valence-corrected chi connectivity index (χ2v) is 6.92. The molecule has 0 spiro atoms. The summed E-state index contributed by atoms with van der Waals surface area (Å²) in [6.45, 7) is 7.95. The summed E-state index contributed by atoms with van der Waals surface area (Å²) in [6.07, 6.45) is 4.04. The van der Waals surface area contributed by atoms with E-state index >= 15 is 0 Å². The van der Waals surface area contributed by atoms with Gasteiger partial charge in [0.2, 0.25) is 10.0 Å². The fourth-order valence-corrected chi connectivity index (χ4v) is 2.85. The van der Waals surface area contributed by atoms with Gasteiger partial charge in [-0.3, -0.25) is 4.99 Å². The number of rotatable bonds is 12. The molecule has 0 fully saturated rings. The maximum atomic E-state index is 11.5. The van der Waals surface area contributed by atoms with Gasteiger partial charge in [-0.25, -0.2) is 12.7 Å². The van der Waals surface area contributed by atoms with Crippen molar-refractivity contribution < 1.29 is 13.2 Å². The minimum absolute atomic E-state index is 0.506. The predicted molar refractivity (Wildman–Crippen MR) is 91.8 cm³/mol. The molecule has 0 aliphatic heterocycles. The van der Waals surface area contributed by atoms with Crippen molar-refractivity contribution in [1.29, 1.82) is 0 Å². The molecule has 0 aromatic heterocycles. The summed E-state index contributed by atoms with van der Waals surface area (Å²) in [5, 5.41) is 6.42. The summed E-state index contributed by atoms with van der Waals surface area (Å²) in [5.74, 6) is 0.749. The van der Waals surface area contributed by atoms with Crippen molar-refractivity contribution in [1.82, 2.24) is 14.9 Å². The number of hydrogen-bond acceptors (Lipinski definition) is 4. The van der Waals surface area contributed by atoms with E-state index < -0.39 is 10.0 Å². The highest BCUT2D eigenvalue weighted by Gasteiger charge is 2.13. The Morgan fingerprint density at radius 2 is 1.77 bits per heavy atom. The zero-order valence-corrected chi connectivity index (χ0v) is 15.2. The van der Waals surface area contributed by atoms with Crippen LogP contribution in [0, 0.1) is 0 Å². The first-order valence-corrected chi connectivity index (χ1v) is 9.77. The maximum Gasteiger partial charge on any atom is 0.211 e. The maximum absolute atomic E-state index is 11.5. The molecule has 0 aromatic carbocycles. The van der Waals surface area contributed by atoms with Gasteiger partial charge in [0.15, 0.2) is 5.96 Å². The van der Waals surface area contributed by atoms with E-state index in [1.807, 2.05) is 13.8 Å². The van der Waals surface area contributed by atoms with Crippen LogP contribution in [0.1, 0.15) is 33.1 Å². The summed E-state index contributed by atoms with van der Waals surface area (Å²) in [6, 6.07) is 0. The van der Waals surface area contributed by atoms with Crippen molar-refractivity contribution in [3.8, 4) is 0 Å². The molecule has 0 rings (SSSR count). The number of unbranched alkanes of at least 4 members (excludes halogenated alkanes) is 1. The summed E-state index contributed by atoms with van der Waals surface area (Å²) in [4.78, 5) is 4.14. The fraction of sp³-hybridized carbons (Fsp3) is 0.929. The monoisotopic (exact) mass is 336 g/mol. The first-order valence-electron chi connectivity index (χ1n) is 7.93. The van der Waals surface area contributed by atoms with Crippen molar-refractivity contribution in [3.63, 3.8) is 0 Å². The lowest BCUT2D eigenvalue weighted by atomic mass is 10.3. The molecule has 0 amide bonds. The lowest BCUT2D eigenvalue weighted by molar-refractivity contribution is 0.143. The van der Waals surface area contributed by atoms with Gasteiger partial charge in [-0.1, -0.05) is 6.92 Å². The van der Waals surface area contributed by atoms with E-state index in [9.17, 15) is 8.42 Å². The van der Waals surface area contributed by atoms with Gasteiger partial charge in [0.1, 0.15) is 0 Å². The number of nitrogens with zero attached hydrogens (tertiary/aromatic N) is 2. The summed E-state index contributed by atoms with van der Waals surface area (Å²) in [7, 11) is -1.37. The van der Waals surface area contributed by atoms with Crippen LogP contribution < -0.4 is 10.6 Å². The second-order valence-electron chi connectivity index (χ2n) is 4.94. The molecule has 22 heavy (non-hydrogen) atoms. The van der Waals surface area contributed by atoms with Crippen LogP contribution in [0.4, 0.5) is 0 Å². The van der Waals surface area contributed by atoms with Crippen LogP contribution in [0.3, 0.4) is 0 Å². The van der Waals surface area contributed by atoms with Gasteiger partial charge < -0.3 is 15.4 Å². The number of nitrogens with one attached hydrogen (secondary N) is 2. The van der Waals surface area contributed by atoms with Gasteiger partial charge in [0.25, 0.3) is 0 Å². The third kappa shape index (κ3) is 10.8. The molecule has 8 heteroatoms. The highest BCUT2D eigenvalue weighted by Crippen LogP contribution is 1.98. The molecule has 0 atom stereocenters. The second kappa shape index (κ2) is 12.7. The van der Waals surface area contributed by atoms with E-state index in [-0.39, 0.29) is 0 Å². The van der Waals surface area contributed by atoms with Crippen molar-refractivity contribution in [3.05, 3.63) is 0 Å². The molecular weight excluding hydrogens is 304 g/mol. The average Bonchev–Trinajstić information content (AvgIpc) is 2.47. The van der Waals surface area contributed by atoms with Crippen molar-refractivity contribution in [2.75, 3.05) is 52.7 Å². The van der Waals surface area contributed by atoms with Gasteiger partial charge in [-0.15, -0.1) is 0 Å². The van der Waals surface area contributed by atoms with Crippen LogP contribution in [0.15, 0.2) is 4.99 Å². The van der Waals surface area contributed by atoms with Crippen molar-refractivity contribution in [2.24, 2.45) is 4.99 Å². The van der Waals surface area contributed by atoms with E-state index in [0.29, 0.717) is 19.6 Å². The summed E-state index contributed by atoms with van der Waals surface area (Å²) >= 11 is 0. The smallest absolute Gasteiger partial charge is 0.211 e. The number of hydrogen-bond donors (Lipinski definition) is 2. The largest absolute Gasteiger partial charge is 0.382 e. The average molecular weight is 337 g/mol. The third-order valence-electron chi connectivity index (χ3n) is 3.13. The molecule has 0 heterocycles.